The van der Waals surface area contributed by atoms with E-state index in [0.29, 0.717) is 26.2 Å². The largest absolute Gasteiger partial charge is 0.368 e. The van der Waals surface area contributed by atoms with Crippen LogP contribution in [0.15, 0.2) is 36.4 Å². The van der Waals surface area contributed by atoms with Crippen molar-refractivity contribution in [1.29, 1.82) is 0 Å². The summed E-state index contributed by atoms with van der Waals surface area (Å²) in [4.78, 5) is 16.2. The number of piperazine rings is 1. The van der Waals surface area contributed by atoms with Gasteiger partial charge in [-0.15, -0.1) is 0 Å². The van der Waals surface area contributed by atoms with Crippen LogP contribution in [0.2, 0.25) is 0 Å². The molecule has 0 saturated carbocycles. The van der Waals surface area contributed by atoms with Crippen LogP contribution in [0.4, 0.5) is 25.0 Å². The highest BCUT2D eigenvalue weighted by molar-refractivity contribution is 5.89. The van der Waals surface area contributed by atoms with E-state index in [4.69, 9.17) is 0 Å². The number of amides is 2. The second kappa shape index (κ2) is 7.72. The lowest BCUT2D eigenvalue weighted by atomic mass is 10.0. The fourth-order valence-electron chi connectivity index (χ4n) is 3.39. The molecule has 2 aromatic rings. The maximum Gasteiger partial charge on any atom is 0.322 e. The highest BCUT2D eigenvalue weighted by Gasteiger charge is 2.24. The Kier molecular flexibility index (Phi) is 5.40. The smallest absolute Gasteiger partial charge is 0.322 e. The molecule has 0 radical (unpaired) electrons. The predicted molar refractivity (Wildman–Crippen MR) is 99.7 cm³/mol. The van der Waals surface area contributed by atoms with Gasteiger partial charge in [0, 0.05) is 31.9 Å². The van der Waals surface area contributed by atoms with E-state index in [1.54, 1.807) is 4.90 Å². The molecule has 3 rings (SSSR count). The molecule has 1 fully saturated rings. The lowest BCUT2D eigenvalue weighted by Crippen LogP contribution is -2.50. The van der Waals surface area contributed by atoms with Crippen LogP contribution in [0.25, 0.3) is 0 Å². The first-order chi connectivity index (χ1) is 12.5. The van der Waals surface area contributed by atoms with Crippen LogP contribution in [-0.4, -0.2) is 37.1 Å². The summed E-state index contributed by atoms with van der Waals surface area (Å²) in [5.74, 6) is -1.55. The van der Waals surface area contributed by atoms with Gasteiger partial charge in [-0.25, -0.2) is 13.6 Å². The number of benzene rings is 2. The van der Waals surface area contributed by atoms with Gasteiger partial charge < -0.3 is 15.1 Å². The van der Waals surface area contributed by atoms with Gasteiger partial charge in [0.05, 0.1) is 0 Å². The topological polar surface area (TPSA) is 35.6 Å². The molecule has 1 heterocycles. The molecule has 1 aliphatic heterocycles. The number of rotatable bonds is 3. The zero-order valence-electron chi connectivity index (χ0n) is 15.1. The third-order valence-electron chi connectivity index (χ3n) is 4.78. The van der Waals surface area contributed by atoms with E-state index >= 15 is 0 Å². The molecule has 2 aromatic carbocycles. The van der Waals surface area contributed by atoms with Crippen LogP contribution in [0.1, 0.15) is 18.1 Å². The van der Waals surface area contributed by atoms with Crippen LogP contribution < -0.4 is 10.2 Å². The minimum Gasteiger partial charge on any atom is -0.368 e. The fourth-order valence-corrected chi connectivity index (χ4v) is 3.39. The van der Waals surface area contributed by atoms with Crippen molar-refractivity contribution in [2.75, 3.05) is 36.4 Å². The molecule has 1 N–H and O–H groups in total. The summed E-state index contributed by atoms with van der Waals surface area (Å²) >= 11 is 0. The van der Waals surface area contributed by atoms with Crippen molar-refractivity contribution >= 4 is 17.4 Å². The number of nitrogens with zero attached hydrogens (tertiary/aromatic N) is 2. The number of urea groups is 1. The zero-order valence-corrected chi connectivity index (χ0v) is 15.1. The number of hydrogen-bond acceptors (Lipinski definition) is 2. The van der Waals surface area contributed by atoms with Gasteiger partial charge in [-0.1, -0.05) is 31.2 Å². The summed E-state index contributed by atoms with van der Waals surface area (Å²) in [5.41, 5.74) is 3.34. The molecule has 2 amide bonds. The van der Waals surface area contributed by atoms with Gasteiger partial charge in [-0.2, -0.15) is 0 Å². The highest BCUT2D eigenvalue weighted by atomic mass is 19.1. The molecule has 138 valence electrons. The number of para-hydroxylation sites is 2. The van der Waals surface area contributed by atoms with Crippen molar-refractivity contribution in [2.45, 2.75) is 20.3 Å². The Morgan fingerprint density at radius 2 is 1.65 bits per heavy atom. The number of aryl methyl sites for hydroxylation is 2. The van der Waals surface area contributed by atoms with Gasteiger partial charge >= 0.3 is 6.03 Å². The molecular weight excluding hydrogens is 336 g/mol. The van der Waals surface area contributed by atoms with Crippen LogP contribution in [-0.2, 0) is 6.42 Å². The third-order valence-corrected chi connectivity index (χ3v) is 4.78. The number of carbonyl (C=O) groups excluding carboxylic acids is 1. The Bertz CT molecular complexity index is 781. The van der Waals surface area contributed by atoms with E-state index in [0.717, 1.165) is 18.6 Å². The van der Waals surface area contributed by atoms with Crippen molar-refractivity contribution in [3.63, 3.8) is 0 Å². The van der Waals surface area contributed by atoms with E-state index in [2.05, 4.69) is 42.3 Å². The number of halogens is 2. The minimum atomic E-state index is -0.774. The second-order valence-electron chi connectivity index (χ2n) is 6.44. The molecule has 0 bridgehead atoms. The Labute approximate surface area is 152 Å². The first-order valence-electron chi connectivity index (χ1n) is 8.84. The normalized spacial score (nSPS) is 14.5. The van der Waals surface area contributed by atoms with E-state index in [-0.39, 0.29) is 0 Å². The van der Waals surface area contributed by atoms with Gasteiger partial charge in [0.2, 0.25) is 0 Å². The van der Waals surface area contributed by atoms with Gasteiger partial charge in [-0.05, 0) is 36.6 Å². The van der Waals surface area contributed by atoms with Crippen LogP contribution in [0.5, 0.6) is 0 Å². The summed E-state index contributed by atoms with van der Waals surface area (Å²) in [7, 11) is 0. The van der Waals surface area contributed by atoms with Crippen molar-refractivity contribution in [2.24, 2.45) is 0 Å². The second-order valence-corrected chi connectivity index (χ2v) is 6.44. The van der Waals surface area contributed by atoms with Crippen LogP contribution in [0.3, 0.4) is 0 Å². The Hall–Kier alpha value is -2.63. The summed E-state index contributed by atoms with van der Waals surface area (Å²) < 4.78 is 27.4. The molecule has 0 atom stereocenters. The standard InChI is InChI=1S/C20H23F2N3O/c1-3-15-7-4-6-14(2)19(15)24-10-12-25(13-11-24)20(26)23-18-16(21)8-5-9-17(18)22/h4-9H,3,10-13H2,1-2H3,(H,23,26). The van der Waals surface area contributed by atoms with E-state index in [1.165, 1.54) is 22.9 Å². The minimum absolute atomic E-state index is 0.396. The summed E-state index contributed by atoms with van der Waals surface area (Å²) in [6.45, 7) is 6.59. The van der Waals surface area contributed by atoms with Crippen molar-refractivity contribution in [3.05, 3.63) is 59.2 Å². The van der Waals surface area contributed by atoms with Gasteiger partial charge in [-0.3, -0.25) is 0 Å². The van der Waals surface area contributed by atoms with Crippen LogP contribution in [0, 0.1) is 18.6 Å². The van der Waals surface area contributed by atoms with E-state index < -0.39 is 23.4 Å². The molecule has 0 spiro atoms. The van der Waals surface area contributed by atoms with Crippen molar-refractivity contribution in [1.82, 2.24) is 4.90 Å². The predicted octanol–water partition coefficient (Wildman–Crippen LogP) is 4.19. The average molecular weight is 359 g/mol. The summed E-state index contributed by atoms with van der Waals surface area (Å²) in [6.07, 6.45) is 0.949. The Morgan fingerprint density at radius 1 is 1.04 bits per heavy atom. The van der Waals surface area contributed by atoms with Crippen molar-refractivity contribution < 1.29 is 13.6 Å². The number of hydrogen-bond donors (Lipinski definition) is 1. The lowest BCUT2D eigenvalue weighted by Gasteiger charge is -2.37. The first kappa shape index (κ1) is 18.2. The number of anilines is 2. The monoisotopic (exact) mass is 359 g/mol. The highest BCUT2D eigenvalue weighted by Crippen LogP contribution is 2.27. The maximum absolute atomic E-state index is 13.7. The Morgan fingerprint density at radius 3 is 2.27 bits per heavy atom. The molecular formula is C20H23F2N3O. The Balaban J connectivity index is 1.66. The average Bonchev–Trinajstić information content (AvgIpc) is 2.64. The maximum atomic E-state index is 13.7. The molecule has 1 saturated heterocycles. The molecule has 0 unspecified atom stereocenters. The van der Waals surface area contributed by atoms with E-state index in [1.807, 2.05) is 0 Å². The summed E-state index contributed by atoms with van der Waals surface area (Å²) in [5, 5.41) is 2.36. The van der Waals surface area contributed by atoms with E-state index in [9.17, 15) is 13.6 Å². The molecule has 6 heteroatoms. The van der Waals surface area contributed by atoms with Crippen molar-refractivity contribution in [3.8, 4) is 0 Å². The van der Waals surface area contributed by atoms with Crippen LogP contribution >= 0.6 is 0 Å². The lowest BCUT2D eigenvalue weighted by molar-refractivity contribution is 0.208. The number of carbonyl (C=O) groups is 1. The molecule has 4 nitrogen and oxygen atoms in total. The number of nitrogens with one attached hydrogen (secondary N) is 1. The van der Waals surface area contributed by atoms with Gasteiger partial charge in [0.1, 0.15) is 17.3 Å². The quantitative estimate of drug-likeness (QED) is 0.892. The molecule has 1 aliphatic rings. The summed E-state index contributed by atoms with van der Waals surface area (Å²) in [6, 6.07) is 9.32. The zero-order chi connectivity index (χ0) is 18.7. The molecule has 0 aromatic heterocycles. The van der Waals surface area contributed by atoms with Gasteiger partial charge in [0.15, 0.2) is 0 Å². The molecule has 26 heavy (non-hydrogen) atoms. The fraction of sp³-hybridized carbons (Fsp3) is 0.350. The SMILES string of the molecule is CCc1cccc(C)c1N1CCN(C(=O)Nc2c(F)cccc2F)CC1. The molecule has 0 aliphatic carbocycles. The first-order valence-corrected chi connectivity index (χ1v) is 8.84. The van der Waals surface area contributed by atoms with Gasteiger partial charge in [0.25, 0.3) is 0 Å². The third kappa shape index (κ3) is 3.64.